The van der Waals surface area contributed by atoms with Gasteiger partial charge in [-0.25, -0.2) is 0 Å². The van der Waals surface area contributed by atoms with Crippen LogP contribution in [0.15, 0.2) is 30.3 Å². The number of carbonyl (C=O) groups is 1. The number of benzene rings is 1. The third kappa shape index (κ3) is 4.08. The van der Waals surface area contributed by atoms with Gasteiger partial charge in [-0.2, -0.15) is 0 Å². The third-order valence-corrected chi connectivity index (χ3v) is 1.89. The van der Waals surface area contributed by atoms with E-state index in [1.165, 1.54) is 0 Å². The van der Waals surface area contributed by atoms with E-state index >= 15 is 0 Å². The molecule has 0 aliphatic rings. The van der Waals surface area contributed by atoms with Gasteiger partial charge in [0.25, 0.3) is 0 Å². The molecule has 14 heavy (non-hydrogen) atoms. The zero-order chi connectivity index (χ0) is 8.97. The van der Waals surface area contributed by atoms with Crippen molar-refractivity contribution in [2.45, 2.75) is 19.3 Å². The maximum atomic E-state index is 10.6. The Hall–Kier alpha value is -0.584. The summed E-state index contributed by atoms with van der Waals surface area (Å²) in [6.07, 6.45) is 0.576. The fraction of sp³-hybridized carbons (Fsp3) is 0.300. The van der Waals surface area contributed by atoms with Crippen LogP contribution in [0.2, 0.25) is 0 Å². The molecule has 0 aliphatic carbocycles. The Bertz CT molecular complexity index is 261. The quantitative estimate of drug-likeness (QED) is 0.668. The predicted molar refractivity (Wildman–Crippen MR) is 52.2 cm³/mol. The van der Waals surface area contributed by atoms with Gasteiger partial charge in [0.1, 0.15) is 0 Å². The van der Waals surface area contributed by atoms with Crippen molar-refractivity contribution in [3.8, 4) is 0 Å². The molecule has 4 heteroatoms. The van der Waals surface area contributed by atoms with E-state index in [4.69, 9.17) is 0 Å². The Morgan fingerprint density at radius 2 is 1.86 bits per heavy atom. The van der Waals surface area contributed by atoms with E-state index in [1.807, 2.05) is 37.3 Å². The van der Waals surface area contributed by atoms with Crippen molar-refractivity contribution in [2.24, 2.45) is 0 Å². The molecule has 1 aromatic carbocycles. The van der Waals surface area contributed by atoms with Crippen LogP contribution >= 0.6 is 0 Å². The molecule has 0 bridgehead atoms. The molecule has 1 unspecified atom stereocenters. The van der Waals surface area contributed by atoms with Crippen LogP contribution in [0.25, 0.3) is 0 Å². The maximum Gasteiger partial charge on any atom is 2.00 e. The van der Waals surface area contributed by atoms with E-state index in [0.717, 1.165) is 5.56 Å². The maximum absolute atomic E-state index is 10.6. The van der Waals surface area contributed by atoms with E-state index in [1.54, 1.807) is 0 Å². The number of carboxylic acid groups (broad SMARTS) is 1. The summed E-state index contributed by atoms with van der Waals surface area (Å²) >= 11 is 0. The van der Waals surface area contributed by atoms with E-state index in [0.29, 0.717) is 6.42 Å². The fourth-order valence-corrected chi connectivity index (χ4v) is 1.22. The number of carbonyl (C=O) groups excluding carboxylic acids is 1. The molecule has 1 rings (SSSR count). The zero-order valence-electron chi connectivity index (χ0n) is 8.14. The summed E-state index contributed by atoms with van der Waals surface area (Å²) < 4.78 is 0. The molecule has 0 spiro atoms. The van der Waals surface area contributed by atoms with Crippen LogP contribution in [-0.2, 0) is 4.79 Å². The topological polar surface area (TPSA) is 70.1 Å². The standard InChI is InChI=1S/C10H12O2.Mg.H2O/c1-2-9(10(11)12)8-6-4-3-5-7-8;;/h3-7,9H,2H2,1H3,(H,11,12);;1H2/q;+2;/p-2. The molecule has 0 fully saturated rings. The zero-order valence-corrected chi connectivity index (χ0v) is 9.56. The first-order valence-corrected chi connectivity index (χ1v) is 4.01. The molecular formula is C10H12MgO3. The average Bonchev–Trinajstić information content (AvgIpc) is 2.07. The average molecular weight is 205 g/mol. The summed E-state index contributed by atoms with van der Waals surface area (Å²) in [5.74, 6) is -1.46. The van der Waals surface area contributed by atoms with E-state index in [2.05, 4.69) is 0 Å². The summed E-state index contributed by atoms with van der Waals surface area (Å²) in [6.45, 7) is 1.84. The van der Waals surface area contributed by atoms with Crippen molar-refractivity contribution in [1.82, 2.24) is 0 Å². The first kappa shape index (κ1) is 15.9. The molecule has 1 aromatic rings. The molecule has 0 aromatic heterocycles. The minimum Gasteiger partial charge on any atom is -0.870 e. The predicted octanol–water partition coefficient (Wildman–Crippen LogP) is 0.372. The summed E-state index contributed by atoms with van der Waals surface area (Å²) in [5.41, 5.74) is 0.819. The molecule has 0 aliphatic heterocycles. The van der Waals surface area contributed by atoms with E-state index in [9.17, 15) is 9.90 Å². The Kier molecular flexibility index (Phi) is 8.83. The van der Waals surface area contributed by atoms with Gasteiger partial charge < -0.3 is 15.4 Å². The molecule has 3 nitrogen and oxygen atoms in total. The van der Waals surface area contributed by atoms with Crippen molar-refractivity contribution in [1.29, 1.82) is 0 Å². The number of hydrogen-bond donors (Lipinski definition) is 0. The summed E-state index contributed by atoms with van der Waals surface area (Å²) in [7, 11) is 0. The number of rotatable bonds is 3. The Balaban J connectivity index is 0. The fourth-order valence-electron chi connectivity index (χ4n) is 1.22. The Labute approximate surface area is 99.6 Å². The smallest absolute Gasteiger partial charge is 0.870 e. The van der Waals surface area contributed by atoms with Crippen LogP contribution in [0.3, 0.4) is 0 Å². The number of carboxylic acids is 1. The van der Waals surface area contributed by atoms with Crippen LogP contribution in [0.4, 0.5) is 0 Å². The van der Waals surface area contributed by atoms with Gasteiger partial charge in [-0.1, -0.05) is 37.3 Å². The monoisotopic (exact) mass is 204 g/mol. The second-order valence-corrected chi connectivity index (χ2v) is 2.69. The molecule has 1 atom stereocenters. The largest absolute Gasteiger partial charge is 2.00 e. The van der Waals surface area contributed by atoms with Crippen LogP contribution < -0.4 is 5.11 Å². The minimum atomic E-state index is -0.997. The Morgan fingerprint density at radius 3 is 2.21 bits per heavy atom. The van der Waals surface area contributed by atoms with Gasteiger partial charge in [-0.15, -0.1) is 0 Å². The van der Waals surface area contributed by atoms with Crippen molar-refractivity contribution in [3.05, 3.63) is 35.9 Å². The minimum absolute atomic E-state index is 0. The molecule has 1 N–H and O–H groups in total. The van der Waals surface area contributed by atoms with Gasteiger partial charge in [0.05, 0.1) is 0 Å². The van der Waals surface area contributed by atoms with Gasteiger partial charge in [0.2, 0.25) is 0 Å². The normalized spacial score (nSPS) is 10.6. The van der Waals surface area contributed by atoms with Gasteiger partial charge in [-0.3, -0.25) is 0 Å². The molecule has 0 radical (unpaired) electrons. The Morgan fingerprint density at radius 1 is 1.36 bits per heavy atom. The summed E-state index contributed by atoms with van der Waals surface area (Å²) in [5, 5.41) is 10.6. The van der Waals surface area contributed by atoms with Gasteiger partial charge in [0, 0.05) is 11.9 Å². The molecule has 0 saturated carbocycles. The summed E-state index contributed by atoms with van der Waals surface area (Å²) in [4.78, 5) is 10.6. The molecule has 0 heterocycles. The molecule has 0 saturated heterocycles. The third-order valence-electron chi connectivity index (χ3n) is 1.89. The van der Waals surface area contributed by atoms with Crippen molar-refractivity contribution in [3.63, 3.8) is 0 Å². The number of aliphatic carboxylic acids is 1. The van der Waals surface area contributed by atoms with Crippen LogP contribution in [0.1, 0.15) is 24.8 Å². The first-order chi connectivity index (χ1) is 5.75. The van der Waals surface area contributed by atoms with Crippen molar-refractivity contribution < 1.29 is 15.4 Å². The van der Waals surface area contributed by atoms with Crippen molar-refractivity contribution >= 4 is 29.0 Å². The second-order valence-electron chi connectivity index (χ2n) is 2.69. The van der Waals surface area contributed by atoms with Crippen LogP contribution in [0, 0.1) is 0 Å². The van der Waals surface area contributed by atoms with Crippen LogP contribution in [-0.4, -0.2) is 34.5 Å². The molecule has 0 amide bonds. The molecule has 72 valence electrons. The van der Waals surface area contributed by atoms with Gasteiger partial charge in [-0.05, 0) is 12.0 Å². The SMILES string of the molecule is CCC(C(=O)[O-])c1ccccc1.[Mg+2].[OH-]. The van der Waals surface area contributed by atoms with E-state index < -0.39 is 11.9 Å². The van der Waals surface area contributed by atoms with Gasteiger partial charge in [0.15, 0.2) is 0 Å². The number of hydrogen-bond acceptors (Lipinski definition) is 3. The van der Waals surface area contributed by atoms with Crippen LogP contribution in [0.5, 0.6) is 0 Å². The van der Waals surface area contributed by atoms with Crippen molar-refractivity contribution in [2.75, 3.05) is 0 Å². The van der Waals surface area contributed by atoms with E-state index in [-0.39, 0.29) is 28.5 Å². The van der Waals surface area contributed by atoms with Gasteiger partial charge >= 0.3 is 23.1 Å². The first-order valence-electron chi connectivity index (χ1n) is 4.01. The molecular weight excluding hydrogens is 192 g/mol. The summed E-state index contributed by atoms with van der Waals surface area (Å²) in [6, 6.07) is 9.15. The second kappa shape index (κ2) is 7.79.